The first-order valence-corrected chi connectivity index (χ1v) is 11.7. The van der Waals surface area contributed by atoms with Crippen LogP contribution in [0.1, 0.15) is 22.3 Å². The maximum Gasteiger partial charge on any atom is 0.242 e. The minimum atomic E-state index is -0.178. The largest absolute Gasteiger partial charge is 0.497 e. The van der Waals surface area contributed by atoms with Gasteiger partial charge in [0.2, 0.25) is 11.8 Å². The first-order valence-electron chi connectivity index (χ1n) is 10.9. The van der Waals surface area contributed by atoms with Crippen molar-refractivity contribution in [3.63, 3.8) is 0 Å². The number of benzene rings is 2. The van der Waals surface area contributed by atoms with Crippen molar-refractivity contribution in [3.8, 4) is 5.75 Å². The molecule has 2 bridgehead atoms. The standard InChI is InChI=1S/C27H20BrNO4/c1-33-16-7-8-19(22(28)12-16)23(30)11-4-14-2-5-15(6-3-14)29-26(31)24-17-9-10-18(21-13-20(17)21)25(24)27(29)32/h2-12,17-18,20-21H,13H2,1H3/b11-4+/t17-,18+,20?,21?. The normalized spacial score (nSPS) is 27.9. The molecule has 0 spiro atoms. The molecule has 2 aromatic carbocycles. The van der Waals surface area contributed by atoms with Crippen molar-refractivity contribution in [2.75, 3.05) is 12.0 Å². The minimum absolute atomic E-state index is 0.0990. The molecule has 2 unspecified atom stereocenters. The molecule has 33 heavy (non-hydrogen) atoms. The number of carbonyl (C=O) groups is 3. The molecule has 0 aromatic heterocycles. The molecule has 1 saturated heterocycles. The Morgan fingerprint density at radius 3 is 2.21 bits per heavy atom. The SMILES string of the molecule is COc1ccc(C(=O)/C=C/c2ccc(N3C(=O)[C]4[C](C3=O)[C@@H]3C=C[C@H]4C4CC43)cc2)c(Br)c1. The van der Waals surface area contributed by atoms with Crippen LogP contribution in [-0.2, 0) is 9.59 Å². The summed E-state index contributed by atoms with van der Waals surface area (Å²) < 4.78 is 5.83. The number of imide groups is 1. The number of carbonyl (C=O) groups excluding carboxylic acids is 3. The molecule has 5 nitrogen and oxygen atoms in total. The van der Waals surface area contributed by atoms with Gasteiger partial charge in [0.1, 0.15) is 5.75 Å². The zero-order valence-corrected chi connectivity index (χ0v) is 19.4. The van der Waals surface area contributed by atoms with Gasteiger partial charge >= 0.3 is 0 Å². The predicted octanol–water partition coefficient (Wildman–Crippen LogP) is 4.83. The summed E-state index contributed by atoms with van der Waals surface area (Å²) in [5, 5.41) is 0. The second kappa shape index (κ2) is 7.52. The Labute approximate surface area is 200 Å². The third kappa shape index (κ3) is 3.15. The lowest BCUT2D eigenvalue weighted by Crippen LogP contribution is -2.37. The zero-order chi connectivity index (χ0) is 22.9. The van der Waals surface area contributed by atoms with E-state index in [-0.39, 0.29) is 29.4 Å². The van der Waals surface area contributed by atoms with Crippen LogP contribution in [0.3, 0.4) is 0 Å². The van der Waals surface area contributed by atoms with Gasteiger partial charge in [-0.2, -0.15) is 0 Å². The van der Waals surface area contributed by atoms with E-state index in [1.54, 1.807) is 43.5 Å². The number of amides is 2. The second-order valence-corrected chi connectivity index (χ2v) is 9.76. The topological polar surface area (TPSA) is 63.7 Å². The van der Waals surface area contributed by atoms with E-state index in [9.17, 15) is 14.4 Å². The minimum Gasteiger partial charge on any atom is -0.497 e. The van der Waals surface area contributed by atoms with Crippen molar-refractivity contribution in [2.45, 2.75) is 6.42 Å². The van der Waals surface area contributed by atoms with E-state index in [2.05, 4.69) is 28.1 Å². The van der Waals surface area contributed by atoms with Crippen molar-refractivity contribution >= 4 is 45.3 Å². The van der Waals surface area contributed by atoms with Crippen LogP contribution in [0.25, 0.3) is 6.08 Å². The average Bonchev–Trinajstić information content (AvgIpc) is 3.61. The Hall–Kier alpha value is -2.99. The number of rotatable bonds is 5. The van der Waals surface area contributed by atoms with Gasteiger partial charge in [-0.1, -0.05) is 30.4 Å². The molecule has 0 N–H and O–H groups in total. The number of hydrogen-bond acceptors (Lipinski definition) is 4. The highest BCUT2D eigenvalue weighted by molar-refractivity contribution is 9.10. The lowest BCUT2D eigenvalue weighted by Gasteiger charge is -2.36. The van der Waals surface area contributed by atoms with E-state index in [0.717, 1.165) is 12.0 Å². The Morgan fingerprint density at radius 2 is 1.64 bits per heavy atom. The lowest BCUT2D eigenvalue weighted by molar-refractivity contribution is -0.120. The van der Waals surface area contributed by atoms with E-state index in [1.807, 2.05) is 12.1 Å². The van der Waals surface area contributed by atoms with Gasteiger partial charge in [-0.05, 0) is 88.0 Å². The van der Waals surface area contributed by atoms with Crippen molar-refractivity contribution in [1.82, 2.24) is 0 Å². The Bertz CT molecular complexity index is 1210. The van der Waals surface area contributed by atoms with Gasteiger partial charge in [-0.3, -0.25) is 14.4 Å². The van der Waals surface area contributed by atoms with Gasteiger partial charge < -0.3 is 4.74 Å². The number of anilines is 1. The van der Waals surface area contributed by atoms with Crippen LogP contribution in [0.5, 0.6) is 5.75 Å². The lowest BCUT2D eigenvalue weighted by atomic mass is 9.63. The number of nitrogens with zero attached hydrogens (tertiary/aromatic N) is 1. The maximum absolute atomic E-state index is 13.2. The van der Waals surface area contributed by atoms with Crippen LogP contribution >= 0.6 is 15.9 Å². The van der Waals surface area contributed by atoms with Crippen molar-refractivity contribution in [1.29, 1.82) is 0 Å². The fourth-order valence-corrected chi connectivity index (χ4v) is 6.02. The third-order valence-electron chi connectivity index (χ3n) is 7.18. The van der Waals surface area contributed by atoms with E-state index in [1.165, 1.54) is 11.0 Å². The predicted molar refractivity (Wildman–Crippen MR) is 127 cm³/mol. The maximum atomic E-state index is 13.2. The van der Waals surface area contributed by atoms with Gasteiger partial charge in [0, 0.05) is 10.0 Å². The highest BCUT2D eigenvalue weighted by Crippen LogP contribution is 2.67. The summed E-state index contributed by atoms with van der Waals surface area (Å²) >= 11 is 3.41. The summed E-state index contributed by atoms with van der Waals surface area (Å²) in [5.41, 5.74) is 1.90. The Balaban J connectivity index is 1.19. The molecule has 164 valence electrons. The number of allylic oxidation sites excluding steroid dienone is 3. The number of ketones is 1. The molecule has 6 heteroatoms. The number of ether oxygens (including phenoxy) is 1. The first kappa shape index (κ1) is 20.6. The molecular weight excluding hydrogens is 482 g/mol. The monoisotopic (exact) mass is 501 g/mol. The summed E-state index contributed by atoms with van der Waals surface area (Å²) in [5.74, 6) is 2.86. The van der Waals surface area contributed by atoms with Crippen LogP contribution in [0.4, 0.5) is 5.69 Å². The molecular formula is C27H20BrNO4. The fourth-order valence-electron chi connectivity index (χ4n) is 5.47. The van der Waals surface area contributed by atoms with Gasteiger partial charge in [0.05, 0.1) is 24.6 Å². The number of hydrogen-bond donors (Lipinski definition) is 0. The number of methoxy groups -OCH3 is 1. The molecule has 4 aliphatic carbocycles. The van der Waals surface area contributed by atoms with E-state index >= 15 is 0 Å². The zero-order valence-electron chi connectivity index (χ0n) is 17.8. The quantitative estimate of drug-likeness (QED) is 0.255. The molecule has 1 aliphatic heterocycles. The van der Waals surface area contributed by atoms with Crippen molar-refractivity contribution in [2.24, 2.45) is 23.7 Å². The third-order valence-corrected chi connectivity index (χ3v) is 7.84. The van der Waals surface area contributed by atoms with Crippen LogP contribution in [-0.4, -0.2) is 24.7 Å². The number of halogens is 1. The first-order chi connectivity index (χ1) is 16.0. The van der Waals surface area contributed by atoms with E-state index in [0.29, 0.717) is 45.1 Å². The Morgan fingerprint density at radius 1 is 1.00 bits per heavy atom. The van der Waals surface area contributed by atoms with Crippen LogP contribution in [0.15, 0.2) is 65.2 Å². The Kier molecular flexibility index (Phi) is 4.70. The summed E-state index contributed by atoms with van der Waals surface area (Å²) in [7, 11) is 1.57. The summed E-state index contributed by atoms with van der Waals surface area (Å²) in [6, 6.07) is 12.3. The molecule has 2 amide bonds. The molecule has 1 heterocycles. The molecule has 5 aliphatic rings. The van der Waals surface area contributed by atoms with Gasteiger partial charge in [-0.15, -0.1) is 0 Å². The van der Waals surface area contributed by atoms with Crippen LogP contribution < -0.4 is 9.64 Å². The highest BCUT2D eigenvalue weighted by Gasteiger charge is 2.68. The molecule has 7 rings (SSSR count). The second-order valence-electron chi connectivity index (χ2n) is 8.91. The average molecular weight is 502 g/mol. The fraction of sp³-hybridized carbons (Fsp3) is 0.222. The van der Waals surface area contributed by atoms with Crippen molar-refractivity contribution in [3.05, 3.63) is 88.1 Å². The highest BCUT2D eigenvalue weighted by atomic mass is 79.9. The van der Waals surface area contributed by atoms with Gasteiger partial charge in [0.25, 0.3) is 0 Å². The van der Waals surface area contributed by atoms with E-state index in [4.69, 9.17) is 4.74 Å². The summed E-state index contributed by atoms with van der Waals surface area (Å²) in [6.07, 6.45) is 8.58. The van der Waals surface area contributed by atoms with Gasteiger partial charge in [-0.25, -0.2) is 4.90 Å². The smallest absolute Gasteiger partial charge is 0.242 e. The molecule has 4 atom stereocenters. The van der Waals surface area contributed by atoms with E-state index < -0.39 is 0 Å². The molecule has 2 saturated carbocycles. The van der Waals surface area contributed by atoms with Crippen molar-refractivity contribution < 1.29 is 19.1 Å². The van der Waals surface area contributed by atoms with Crippen LogP contribution in [0, 0.1) is 35.5 Å². The van der Waals surface area contributed by atoms with Crippen LogP contribution in [0.2, 0.25) is 0 Å². The molecule has 2 aromatic rings. The molecule has 2 radical (unpaired) electrons. The summed E-state index contributed by atoms with van der Waals surface area (Å²) in [6.45, 7) is 0. The summed E-state index contributed by atoms with van der Waals surface area (Å²) in [4.78, 5) is 40.3. The molecule has 3 fully saturated rings. The van der Waals surface area contributed by atoms with Gasteiger partial charge in [0.15, 0.2) is 5.78 Å².